The molecule has 1 saturated heterocycles. The Labute approximate surface area is 125 Å². The number of para-hydroxylation sites is 1. The molecule has 0 amide bonds. The van der Waals surface area contributed by atoms with Crippen LogP contribution in [0.4, 0.5) is 5.69 Å². The summed E-state index contributed by atoms with van der Waals surface area (Å²) >= 11 is 0. The zero-order valence-corrected chi connectivity index (χ0v) is 12.2. The second-order valence-electron chi connectivity index (χ2n) is 5.54. The molecular formula is C18H19N3. The maximum absolute atomic E-state index is 9.73. The van der Waals surface area contributed by atoms with Gasteiger partial charge >= 0.3 is 0 Å². The Morgan fingerprint density at radius 1 is 1.05 bits per heavy atom. The van der Waals surface area contributed by atoms with Gasteiger partial charge in [-0.25, -0.2) is 0 Å². The van der Waals surface area contributed by atoms with E-state index in [2.05, 4.69) is 47.5 Å². The predicted molar refractivity (Wildman–Crippen MR) is 85.0 cm³/mol. The number of benzene rings is 2. The number of hydrogen-bond donors (Lipinski definition) is 1. The van der Waals surface area contributed by atoms with Gasteiger partial charge in [0.05, 0.1) is 12.1 Å². The summed E-state index contributed by atoms with van der Waals surface area (Å²) in [5.74, 6) is 0. The summed E-state index contributed by atoms with van der Waals surface area (Å²) in [4.78, 5) is 2.25. The second-order valence-corrected chi connectivity index (χ2v) is 5.54. The molecule has 106 valence electrons. The number of hydrogen-bond acceptors (Lipinski definition) is 3. The van der Waals surface area contributed by atoms with E-state index in [9.17, 15) is 5.26 Å². The first-order valence-electron chi connectivity index (χ1n) is 7.28. The molecule has 0 bridgehead atoms. The van der Waals surface area contributed by atoms with E-state index in [0.717, 1.165) is 5.69 Å². The van der Waals surface area contributed by atoms with Crippen molar-refractivity contribution in [3.63, 3.8) is 0 Å². The molecule has 2 aromatic carbocycles. The van der Waals surface area contributed by atoms with Crippen LogP contribution in [0.3, 0.4) is 0 Å². The van der Waals surface area contributed by atoms with E-state index in [1.807, 2.05) is 36.4 Å². The Morgan fingerprint density at radius 2 is 1.62 bits per heavy atom. The molecule has 1 aliphatic heterocycles. The molecule has 1 fully saturated rings. The number of nitrogens with zero attached hydrogens (tertiary/aromatic N) is 2. The summed E-state index contributed by atoms with van der Waals surface area (Å²) in [6.45, 7) is 3.57. The van der Waals surface area contributed by atoms with Gasteiger partial charge in [0.1, 0.15) is 0 Å². The average Bonchev–Trinajstić information content (AvgIpc) is 2.52. The Balaban J connectivity index is 2.03. The molecule has 0 saturated carbocycles. The highest BCUT2D eigenvalue weighted by Gasteiger charge is 2.45. The van der Waals surface area contributed by atoms with Gasteiger partial charge in [-0.1, -0.05) is 48.5 Å². The molecule has 0 radical (unpaired) electrons. The highest BCUT2D eigenvalue weighted by molar-refractivity contribution is 5.55. The lowest BCUT2D eigenvalue weighted by Gasteiger charge is -2.49. The van der Waals surface area contributed by atoms with Crippen molar-refractivity contribution >= 4 is 5.69 Å². The van der Waals surface area contributed by atoms with Gasteiger partial charge in [0.25, 0.3) is 0 Å². The van der Waals surface area contributed by atoms with E-state index in [0.29, 0.717) is 13.1 Å². The van der Waals surface area contributed by atoms with E-state index in [-0.39, 0.29) is 6.04 Å². The molecule has 2 aromatic rings. The SMILES string of the molecule is CC(c1ccccc1)N(c1ccccc1)C1(C#N)CNC1. The van der Waals surface area contributed by atoms with Crippen LogP contribution in [-0.4, -0.2) is 18.6 Å². The Bertz CT molecular complexity index is 627. The van der Waals surface area contributed by atoms with E-state index in [1.54, 1.807) is 0 Å². The fourth-order valence-corrected chi connectivity index (χ4v) is 2.98. The molecule has 0 spiro atoms. The van der Waals surface area contributed by atoms with Crippen LogP contribution in [0.2, 0.25) is 0 Å². The van der Waals surface area contributed by atoms with Crippen molar-refractivity contribution < 1.29 is 0 Å². The fourth-order valence-electron chi connectivity index (χ4n) is 2.98. The zero-order valence-electron chi connectivity index (χ0n) is 12.2. The van der Waals surface area contributed by atoms with Gasteiger partial charge in [-0.15, -0.1) is 0 Å². The van der Waals surface area contributed by atoms with Crippen LogP contribution in [0, 0.1) is 11.3 Å². The molecule has 3 nitrogen and oxygen atoms in total. The first-order valence-corrected chi connectivity index (χ1v) is 7.28. The van der Waals surface area contributed by atoms with Crippen LogP contribution in [0.25, 0.3) is 0 Å². The van der Waals surface area contributed by atoms with Crippen molar-refractivity contribution in [1.29, 1.82) is 5.26 Å². The quantitative estimate of drug-likeness (QED) is 0.933. The Hall–Kier alpha value is -2.31. The minimum Gasteiger partial charge on any atom is -0.344 e. The lowest BCUT2D eigenvalue weighted by atomic mass is 9.88. The van der Waals surface area contributed by atoms with Crippen LogP contribution in [0.15, 0.2) is 60.7 Å². The molecule has 3 heteroatoms. The predicted octanol–water partition coefficient (Wildman–Crippen LogP) is 3.12. The first-order chi connectivity index (χ1) is 10.3. The number of nitrogens with one attached hydrogen (secondary N) is 1. The minimum absolute atomic E-state index is 0.148. The highest BCUT2D eigenvalue weighted by atomic mass is 15.3. The van der Waals surface area contributed by atoms with Crippen LogP contribution in [0.5, 0.6) is 0 Å². The van der Waals surface area contributed by atoms with Gasteiger partial charge in [0.2, 0.25) is 0 Å². The third kappa shape index (κ3) is 2.39. The van der Waals surface area contributed by atoms with E-state index in [4.69, 9.17) is 0 Å². The summed E-state index contributed by atoms with van der Waals surface area (Å²) < 4.78 is 0. The maximum Gasteiger partial charge on any atom is 0.153 e. The van der Waals surface area contributed by atoms with Crippen LogP contribution >= 0.6 is 0 Å². The van der Waals surface area contributed by atoms with Crippen molar-refractivity contribution in [3.8, 4) is 6.07 Å². The van der Waals surface area contributed by atoms with Crippen molar-refractivity contribution in [3.05, 3.63) is 66.2 Å². The summed E-state index contributed by atoms with van der Waals surface area (Å²) in [6.07, 6.45) is 0. The third-order valence-corrected chi connectivity index (χ3v) is 4.21. The van der Waals surface area contributed by atoms with Crippen molar-refractivity contribution in [2.75, 3.05) is 18.0 Å². The Morgan fingerprint density at radius 3 is 2.10 bits per heavy atom. The monoisotopic (exact) mass is 277 g/mol. The summed E-state index contributed by atoms with van der Waals surface area (Å²) in [6, 6.07) is 23.3. The van der Waals surface area contributed by atoms with Crippen molar-refractivity contribution in [2.45, 2.75) is 18.5 Å². The molecule has 1 N–H and O–H groups in total. The summed E-state index contributed by atoms with van der Waals surface area (Å²) in [5, 5.41) is 13.0. The lowest BCUT2D eigenvalue weighted by Crippen LogP contribution is -2.69. The Kier molecular flexibility index (Phi) is 3.64. The molecule has 1 aliphatic rings. The minimum atomic E-state index is -0.462. The van der Waals surface area contributed by atoms with Crippen molar-refractivity contribution in [1.82, 2.24) is 5.32 Å². The molecule has 1 heterocycles. The van der Waals surface area contributed by atoms with Crippen LogP contribution < -0.4 is 10.2 Å². The standard InChI is InChI=1S/C18H19N3/c1-15(16-8-4-2-5-9-16)21(17-10-6-3-7-11-17)18(12-19)13-20-14-18/h2-11,15,20H,13-14H2,1H3. The second kappa shape index (κ2) is 5.59. The average molecular weight is 277 g/mol. The van der Waals surface area contributed by atoms with Crippen LogP contribution in [0.1, 0.15) is 18.5 Å². The zero-order chi connectivity index (χ0) is 14.7. The van der Waals surface area contributed by atoms with Crippen LogP contribution in [-0.2, 0) is 0 Å². The smallest absolute Gasteiger partial charge is 0.153 e. The molecule has 0 aromatic heterocycles. The fraction of sp³-hybridized carbons (Fsp3) is 0.278. The first kappa shape index (κ1) is 13.7. The van der Waals surface area contributed by atoms with Gasteiger partial charge in [-0.2, -0.15) is 5.26 Å². The topological polar surface area (TPSA) is 39.1 Å². The maximum atomic E-state index is 9.73. The largest absolute Gasteiger partial charge is 0.344 e. The molecular weight excluding hydrogens is 258 g/mol. The highest BCUT2D eigenvalue weighted by Crippen LogP contribution is 2.35. The van der Waals surface area contributed by atoms with Gasteiger partial charge < -0.3 is 10.2 Å². The van der Waals surface area contributed by atoms with Gasteiger partial charge in [-0.05, 0) is 24.6 Å². The summed E-state index contributed by atoms with van der Waals surface area (Å²) in [7, 11) is 0. The molecule has 0 aliphatic carbocycles. The number of rotatable bonds is 4. The molecule has 1 unspecified atom stereocenters. The number of nitriles is 1. The van der Waals surface area contributed by atoms with Gasteiger partial charge in [0.15, 0.2) is 5.54 Å². The molecule has 1 atom stereocenters. The lowest BCUT2D eigenvalue weighted by molar-refractivity contribution is 0.312. The normalized spacial score (nSPS) is 17.3. The van der Waals surface area contributed by atoms with E-state index < -0.39 is 5.54 Å². The summed E-state index contributed by atoms with van der Waals surface area (Å²) in [5.41, 5.74) is 1.86. The van der Waals surface area contributed by atoms with E-state index in [1.165, 1.54) is 5.56 Å². The molecule has 21 heavy (non-hydrogen) atoms. The van der Waals surface area contributed by atoms with Crippen molar-refractivity contribution in [2.24, 2.45) is 0 Å². The molecule has 3 rings (SSSR count). The number of anilines is 1. The third-order valence-electron chi connectivity index (χ3n) is 4.21. The van der Waals surface area contributed by atoms with Gasteiger partial charge in [-0.3, -0.25) is 0 Å². The van der Waals surface area contributed by atoms with E-state index >= 15 is 0 Å². The van der Waals surface area contributed by atoms with Gasteiger partial charge in [0, 0.05) is 18.8 Å².